The van der Waals surface area contributed by atoms with E-state index < -0.39 is 0 Å². The molecule has 0 saturated heterocycles. The van der Waals surface area contributed by atoms with Crippen LogP contribution in [-0.4, -0.2) is 12.4 Å². The first-order chi connectivity index (χ1) is 5.38. The second-order valence-corrected chi connectivity index (χ2v) is 2.60. The molecule has 2 N–H and O–H groups in total. The lowest BCUT2D eigenvalue weighted by atomic mass is 10.0. The van der Waals surface area contributed by atoms with Crippen LogP contribution in [-0.2, 0) is 6.42 Å². The molecule has 0 bridgehead atoms. The molecule has 1 aromatic rings. The minimum Gasteiger partial charge on any atom is -0.383 e. The molecule has 2 heteroatoms. The van der Waals surface area contributed by atoms with E-state index in [1.807, 2.05) is 12.1 Å². The first-order valence-electron chi connectivity index (χ1n) is 3.67. The minimum atomic E-state index is 0.656. The Morgan fingerprint density at radius 3 is 3.27 bits per heavy atom. The number of nitrogens with zero attached hydrogens (tertiary/aromatic N) is 1. The third-order valence-electron chi connectivity index (χ3n) is 1.89. The number of amidine groups is 1. The zero-order chi connectivity index (χ0) is 7.68. The molecule has 0 amide bonds. The number of benzene rings is 1. The van der Waals surface area contributed by atoms with Gasteiger partial charge in [0.05, 0.1) is 0 Å². The molecule has 2 rings (SSSR count). The normalized spacial score (nSPS) is 15.5. The van der Waals surface area contributed by atoms with Gasteiger partial charge in [-0.2, -0.15) is 0 Å². The molecule has 1 aliphatic rings. The van der Waals surface area contributed by atoms with E-state index in [1.54, 1.807) is 0 Å². The molecule has 0 saturated carbocycles. The second kappa shape index (κ2) is 2.38. The van der Waals surface area contributed by atoms with Gasteiger partial charge in [0, 0.05) is 12.1 Å². The fourth-order valence-corrected chi connectivity index (χ4v) is 1.30. The molecule has 0 unspecified atom stereocenters. The molecule has 55 valence electrons. The van der Waals surface area contributed by atoms with Crippen molar-refractivity contribution < 1.29 is 0 Å². The highest BCUT2D eigenvalue weighted by molar-refractivity contribution is 5.99. The van der Waals surface area contributed by atoms with Crippen molar-refractivity contribution in [1.29, 1.82) is 0 Å². The third kappa shape index (κ3) is 1.00. The summed E-state index contributed by atoms with van der Waals surface area (Å²) in [5.41, 5.74) is 8.02. The minimum absolute atomic E-state index is 0.656. The second-order valence-electron chi connectivity index (χ2n) is 2.60. The summed E-state index contributed by atoms with van der Waals surface area (Å²) < 4.78 is 0. The Morgan fingerprint density at radius 2 is 2.45 bits per heavy atom. The van der Waals surface area contributed by atoms with Crippen molar-refractivity contribution in [2.45, 2.75) is 6.42 Å². The van der Waals surface area contributed by atoms with Crippen LogP contribution in [0.15, 0.2) is 23.2 Å². The van der Waals surface area contributed by atoms with Gasteiger partial charge >= 0.3 is 0 Å². The van der Waals surface area contributed by atoms with Crippen LogP contribution in [0.4, 0.5) is 0 Å². The highest BCUT2D eigenvalue weighted by Gasteiger charge is 2.08. The van der Waals surface area contributed by atoms with Gasteiger partial charge in [-0.25, -0.2) is 0 Å². The van der Waals surface area contributed by atoms with E-state index in [0.29, 0.717) is 5.84 Å². The van der Waals surface area contributed by atoms with Gasteiger partial charge in [-0.15, -0.1) is 0 Å². The van der Waals surface area contributed by atoms with E-state index in [0.717, 1.165) is 18.5 Å². The Morgan fingerprint density at radius 1 is 1.55 bits per heavy atom. The van der Waals surface area contributed by atoms with Crippen molar-refractivity contribution in [1.82, 2.24) is 0 Å². The number of nitrogens with two attached hydrogens (primary N) is 1. The molecule has 0 aromatic heterocycles. The lowest BCUT2D eigenvalue weighted by molar-refractivity contribution is 0.939. The Kier molecular flexibility index (Phi) is 1.39. The average Bonchev–Trinajstić information content (AvgIpc) is 2.06. The summed E-state index contributed by atoms with van der Waals surface area (Å²) >= 11 is 0. The van der Waals surface area contributed by atoms with Crippen LogP contribution in [0, 0.1) is 6.07 Å². The van der Waals surface area contributed by atoms with Gasteiger partial charge in [0.2, 0.25) is 0 Å². The first-order valence-corrected chi connectivity index (χ1v) is 3.67. The van der Waals surface area contributed by atoms with Gasteiger partial charge in [-0.1, -0.05) is 12.1 Å². The van der Waals surface area contributed by atoms with Gasteiger partial charge < -0.3 is 5.73 Å². The van der Waals surface area contributed by atoms with E-state index in [1.165, 1.54) is 5.56 Å². The van der Waals surface area contributed by atoms with Crippen LogP contribution in [0.5, 0.6) is 0 Å². The summed E-state index contributed by atoms with van der Waals surface area (Å²) in [4.78, 5) is 4.15. The van der Waals surface area contributed by atoms with Gasteiger partial charge in [-0.05, 0) is 24.1 Å². The smallest absolute Gasteiger partial charge is 0.125 e. The molecule has 11 heavy (non-hydrogen) atoms. The molecule has 2 nitrogen and oxygen atoms in total. The first kappa shape index (κ1) is 6.40. The van der Waals surface area contributed by atoms with E-state index in [9.17, 15) is 0 Å². The predicted molar refractivity (Wildman–Crippen MR) is 44.6 cm³/mol. The van der Waals surface area contributed by atoms with Crippen LogP contribution in [0.1, 0.15) is 11.1 Å². The lowest BCUT2D eigenvalue weighted by Gasteiger charge is -2.12. The van der Waals surface area contributed by atoms with Crippen LogP contribution in [0.25, 0.3) is 0 Å². The largest absolute Gasteiger partial charge is 0.383 e. The Labute approximate surface area is 65.8 Å². The molecule has 1 aliphatic heterocycles. The van der Waals surface area contributed by atoms with Gasteiger partial charge in [-0.3, -0.25) is 4.99 Å². The average molecular weight is 145 g/mol. The summed E-state index contributed by atoms with van der Waals surface area (Å²) in [6, 6.07) is 8.85. The fourth-order valence-electron chi connectivity index (χ4n) is 1.30. The molecule has 0 aliphatic carbocycles. The van der Waals surface area contributed by atoms with E-state index >= 15 is 0 Å². The number of hydrogen-bond acceptors (Lipinski definition) is 2. The van der Waals surface area contributed by atoms with Crippen LogP contribution in [0.3, 0.4) is 0 Å². The summed E-state index contributed by atoms with van der Waals surface area (Å²) in [5.74, 6) is 0.656. The number of rotatable bonds is 0. The Balaban J connectivity index is 2.56. The summed E-state index contributed by atoms with van der Waals surface area (Å²) in [7, 11) is 0. The highest BCUT2D eigenvalue weighted by Crippen LogP contribution is 2.12. The molecular formula is C9H9N2. The number of aliphatic imine (C=N–C) groups is 1. The number of hydrogen-bond donors (Lipinski definition) is 1. The quantitative estimate of drug-likeness (QED) is 0.574. The van der Waals surface area contributed by atoms with E-state index in [4.69, 9.17) is 5.73 Å². The number of fused-ring (bicyclic) bond motifs is 1. The van der Waals surface area contributed by atoms with Crippen molar-refractivity contribution in [2.24, 2.45) is 10.7 Å². The van der Waals surface area contributed by atoms with Crippen molar-refractivity contribution in [3.05, 3.63) is 35.4 Å². The summed E-state index contributed by atoms with van der Waals surface area (Å²) in [6.45, 7) is 0.822. The zero-order valence-electron chi connectivity index (χ0n) is 6.17. The van der Waals surface area contributed by atoms with Gasteiger partial charge in [0.15, 0.2) is 0 Å². The molecule has 0 atom stereocenters. The Bertz CT molecular complexity index is 302. The van der Waals surface area contributed by atoms with E-state index in [-0.39, 0.29) is 0 Å². The molecule has 1 aromatic carbocycles. The van der Waals surface area contributed by atoms with Crippen molar-refractivity contribution in [3.63, 3.8) is 0 Å². The van der Waals surface area contributed by atoms with Gasteiger partial charge in [0.1, 0.15) is 5.84 Å². The van der Waals surface area contributed by atoms with Crippen LogP contribution in [0.2, 0.25) is 0 Å². The molecule has 1 heterocycles. The molecular weight excluding hydrogens is 136 g/mol. The van der Waals surface area contributed by atoms with Gasteiger partial charge in [0.25, 0.3) is 0 Å². The van der Waals surface area contributed by atoms with Crippen LogP contribution >= 0.6 is 0 Å². The lowest BCUT2D eigenvalue weighted by Crippen LogP contribution is -2.20. The van der Waals surface area contributed by atoms with Crippen LogP contribution < -0.4 is 5.73 Å². The molecule has 0 spiro atoms. The fraction of sp³-hybridized carbons (Fsp3) is 0.222. The summed E-state index contributed by atoms with van der Waals surface area (Å²) in [6.07, 6.45) is 1.00. The zero-order valence-corrected chi connectivity index (χ0v) is 6.17. The van der Waals surface area contributed by atoms with E-state index in [2.05, 4.69) is 17.1 Å². The Hall–Kier alpha value is -1.31. The SMILES string of the molecule is NC1=NCCc2cc[c]cc21. The maximum Gasteiger partial charge on any atom is 0.125 e. The highest BCUT2D eigenvalue weighted by atomic mass is 14.9. The monoisotopic (exact) mass is 145 g/mol. The van der Waals surface area contributed by atoms with Crippen molar-refractivity contribution in [2.75, 3.05) is 6.54 Å². The van der Waals surface area contributed by atoms with Crippen molar-refractivity contribution in [3.8, 4) is 0 Å². The molecule has 1 radical (unpaired) electrons. The molecule has 0 fully saturated rings. The topological polar surface area (TPSA) is 38.4 Å². The summed E-state index contributed by atoms with van der Waals surface area (Å²) in [5, 5.41) is 0. The maximum atomic E-state index is 5.68. The van der Waals surface area contributed by atoms with Crippen molar-refractivity contribution >= 4 is 5.84 Å². The third-order valence-corrected chi connectivity index (χ3v) is 1.89. The standard InChI is InChI=1S/C9H9N2/c10-9-8-4-2-1-3-7(8)5-6-11-9/h1,3-4H,5-6H2,(H2,10,11). The maximum absolute atomic E-state index is 5.68. The predicted octanol–water partition coefficient (Wildman–Crippen LogP) is 0.748.